The number of hydrogen-bond donors (Lipinski definition) is 0. The number of carbonyl (C=O) groups excluding carboxylic acids is 1. The molecule has 1 amide bonds. The molecule has 6 nitrogen and oxygen atoms in total. The first-order chi connectivity index (χ1) is 14.2. The van der Waals surface area contributed by atoms with Gasteiger partial charge < -0.3 is 14.4 Å². The Hall–Kier alpha value is -3.15. The van der Waals surface area contributed by atoms with Gasteiger partial charge in [-0.15, -0.1) is 0 Å². The first-order valence-corrected chi connectivity index (χ1v) is 10.1. The maximum atomic E-state index is 13.4. The molecule has 1 saturated heterocycles. The van der Waals surface area contributed by atoms with Gasteiger partial charge in [-0.1, -0.05) is 30.3 Å². The van der Waals surface area contributed by atoms with Gasteiger partial charge in [-0.2, -0.15) is 4.98 Å². The van der Waals surface area contributed by atoms with E-state index in [1.165, 1.54) is 0 Å². The molecule has 0 radical (unpaired) electrons. The van der Waals surface area contributed by atoms with E-state index in [-0.39, 0.29) is 12.0 Å². The van der Waals surface area contributed by atoms with Crippen molar-refractivity contribution in [2.75, 3.05) is 19.7 Å². The molecular weight excluding hydrogens is 366 g/mol. The zero-order valence-electron chi connectivity index (χ0n) is 16.8. The first kappa shape index (κ1) is 19.2. The highest BCUT2D eigenvalue weighted by molar-refractivity contribution is 6.09. The Balaban J connectivity index is 1.50. The molecular formula is C23H25N3O3. The van der Waals surface area contributed by atoms with Crippen molar-refractivity contribution in [3.8, 4) is 11.6 Å². The zero-order valence-corrected chi connectivity index (χ0v) is 16.8. The summed E-state index contributed by atoms with van der Waals surface area (Å²) in [6, 6.07) is 13.6. The van der Waals surface area contributed by atoms with Crippen molar-refractivity contribution in [2.24, 2.45) is 0 Å². The van der Waals surface area contributed by atoms with Crippen LogP contribution in [0.15, 0.2) is 48.7 Å². The second-order valence-electron chi connectivity index (χ2n) is 7.14. The lowest BCUT2D eigenvalue weighted by Crippen LogP contribution is -2.42. The standard InChI is InChI=1S/C23H25N3O3/c1-3-28-20-9-8-17-6-4-5-7-19(17)22(20)23(27)26-14-11-18(12-15-26)29-21-10-13-24-16(2)25-21/h4-10,13,18H,3,11-12,14-15H2,1-2H3. The van der Waals surface area contributed by atoms with Crippen LogP contribution in [0.1, 0.15) is 35.9 Å². The van der Waals surface area contributed by atoms with E-state index in [2.05, 4.69) is 9.97 Å². The van der Waals surface area contributed by atoms with Crippen LogP contribution in [0, 0.1) is 6.92 Å². The van der Waals surface area contributed by atoms with Crippen molar-refractivity contribution >= 4 is 16.7 Å². The fourth-order valence-corrected chi connectivity index (χ4v) is 3.75. The minimum absolute atomic E-state index is 0.0154. The molecule has 2 aromatic carbocycles. The van der Waals surface area contributed by atoms with Crippen LogP contribution in [0.4, 0.5) is 0 Å². The predicted octanol–water partition coefficient (Wildman–Crippen LogP) is 4.02. The third kappa shape index (κ3) is 4.16. The molecule has 0 atom stereocenters. The Kier molecular flexibility index (Phi) is 5.60. The van der Waals surface area contributed by atoms with E-state index in [9.17, 15) is 4.79 Å². The molecule has 29 heavy (non-hydrogen) atoms. The van der Waals surface area contributed by atoms with Crippen LogP contribution >= 0.6 is 0 Å². The summed E-state index contributed by atoms with van der Waals surface area (Å²) in [6.07, 6.45) is 3.28. The number of rotatable bonds is 5. The number of hydrogen-bond acceptors (Lipinski definition) is 5. The Labute approximate surface area is 170 Å². The summed E-state index contributed by atoms with van der Waals surface area (Å²) in [6.45, 7) is 5.58. The van der Waals surface area contributed by atoms with Gasteiger partial charge in [0.15, 0.2) is 0 Å². The normalized spacial score (nSPS) is 14.8. The number of aromatic nitrogens is 2. The number of ether oxygens (including phenoxy) is 2. The molecule has 1 aliphatic rings. The smallest absolute Gasteiger partial charge is 0.258 e. The lowest BCUT2D eigenvalue weighted by Gasteiger charge is -2.32. The van der Waals surface area contributed by atoms with Gasteiger partial charge in [0.1, 0.15) is 17.7 Å². The van der Waals surface area contributed by atoms with Crippen LogP contribution in [-0.2, 0) is 0 Å². The van der Waals surface area contributed by atoms with Crippen molar-refractivity contribution in [2.45, 2.75) is 32.8 Å². The number of fused-ring (bicyclic) bond motifs is 1. The van der Waals surface area contributed by atoms with E-state index in [0.717, 1.165) is 23.6 Å². The molecule has 0 spiro atoms. The van der Waals surface area contributed by atoms with Crippen LogP contribution in [0.3, 0.4) is 0 Å². The lowest BCUT2D eigenvalue weighted by molar-refractivity contribution is 0.0586. The SMILES string of the molecule is CCOc1ccc2ccccc2c1C(=O)N1CCC(Oc2ccnc(C)n2)CC1. The molecule has 1 aliphatic heterocycles. The summed E-state index contributed by atoms with van der Waals surface area (Å²) in [5.41, 5.74) is 0.649. The molecule has 4 rings (SSSR count). The topological polar surface area (TPSA) is 64.5 Å². The van der Waals surface area contributed by atoms with Crippen LogP contribution in [0.2, 0.25) is 0 Å². The molecule has 6 heteroatoms. The number of carbonyl (C=O) groups is 1. The summed E-state index contributed by atoms with van der Waals surface area (Å²) in [7, 11) is 0. The quantitative estimate of drug-likeness (QED) is 0.657. The van der Waals surface area contributed by atoms with Crippen LogP contribution < -0.4 is 9.47 Å². The molecule has 0 N–H and O–H groups in total. The van der Waals surface area contributed by atoms with E-state index in [1.807, 2.05) is 55.1 Å². The second kappa shape index (κ2) is 8.47. The van der Waals surface area contributed by atoms with Gasteiger partial charge in [0.25, 0.3) is 5.91 Å². The fourth-order valence-electron chi connectivity index (χ4n) is 3.75. The summed E-state index contributed by atoms with van der Waals surface area (Å²) in [5, 5.41) is 1.97. The molecule has 1 fully saturated rings. The van der Waals surface area contributed by atoms with E-state index in [1.54, 1.807) is 12.3 Å². The van der Waals surface area contributed by atoms with Crippen LogP contribution in [0.25, 0.3) is 10.8 Å². The lowest BCUT2D eigenvalue weighted by atomic mass is 10.0. The Morgan fingerprint density at radius 1 is 1.14 bits per heavy atom. The average Bonchev–Trinajstić information content (AvgIpc) is 2.74. The minimum atomic E-state index is 0.0154. The number of amides is 1. The highest BCUT2D eigenvalue weighted by atomic mass is 16.5. The van der Waals surface area contributed by atoms with E-state index < -0.39 is 0 Å². The van der Waals surface area contributed by atoms with Gasteiger partial charge in [0, 0.05) is 38.2 Å². The number of benzene rings is 2. The van der Waals surface area contributed by atoms with Gasteiger partial charge in [-0.3, -0.25) is 4.79 Å². The molecule has 1 aromatic heterocycles. The Morgan fingerprint density at radius 2 is 1.93 bits per heavy atom. The number of piperidine rings is 1. The van der Waals surface area contributed by atoms with Gasteiger partial charge in [0.2, 0.25) is 5.88 Å². The molecule has 0 bridgehead atoms. The fraction of sp³-hybridized carbons (Fsp3) is 0.348. The minimum Gasteiger partial charge on any atom is -0.493 e. The van der Waals surface area contributed by atoms with Crippen molar-refractivity contribution in [3.05, 3.63) is 60.0 Å². The molecule has 150 valence electrons. The third-order valence-electron chi connectivity index (χ3n) is 5.17. The number of aryl methyl sites for hydroxylation is 1. The number of likely N-dealkylation sites (tertiary alicyclic amines) is 1. The second-order valence-corrected chi connectivity index (χ2v) is 7.14. The van der Waals surface area contributed by atoms with Gasteiger partial charge in [-0.25, -0.2) is 4.98 Å². The molecule has 0 aliphatic carbocycles. The maximum absolute atomic E-state index is 13.4. The van der Waals surface area contributed by atoms with Crippen LogP contribution in [-0.4, -0.2) is 46.6 Å². The van der Waals surface area contributed by atoms with Crippen molar-refractivity contribution < 1.29 is 14.3 Å². The van der Waals surface area contributed by atoms with Gasteiger partial charge in [-0.05, 0) is 30.7 Å². The molecule has 3 aromatic rings. The molecule has 0 saturated carbocycles. The largest absolute Gasteiger partial charge is 0.493 e. The van der Waals surface area contributed by atoms with Crippen molar-refractivity contribution in [1.82, 2.24) is 14.9 Å². The number of nitrogens with zero attached hydrogens (tertiary/aromatic N) is 3. The van der Waals surface area contributed by atoms with E-state index in [4.69, 9.17) is 9.47 Å². The van der Waals surface area contributed by atoms with Crippen LogP contribution in [0.5, 0.6) is 11.6 Å². The maximum Gasteiger partial charge on any atom is 0.258 e. The summed E-state index contributed by atoms with van der Waals surface area (Å²) in [4.78, 5) is 23.7. The van der Waals surface area contributed by atoms with Crippen molar-refractivity contribution in [3.63, 3.8) is 0 Å². The zero-order chi connectivity index (χ0) is 20.2. The first-order valence-electron chi connectivity index (χ1n) is 10.1. The highest BCUT2D eigenvalue weighted by Gasteiger charge is 2.28. The van der Waals surface area contributed by atoms with Crippen molar-refractivity contribution in [1.29, 1.82) is 0 Å². The highest BCUT2D eigenvalue weighted by Crippen LogP contribution is 2.30. The summed E-state index contributed by atoms with van der Waals surface area (Å²) < 4.78 is 11.8. The monoisotopic (exact) mass is 391 g/mol. The van der Waals surface area contributed by atoms with E-state index in [0.29, 0.717) is 42.7 Å². The Bertz CT molecular complexity index is 1010. The summed E-state index contributed by atoms with van der Waals surface area (Å²) in [5.74, 6) is 1.94. The van der Waals surface area contributed by atoms with Gasteiger partial charge >= 0.3 is 0 Å². The summed E-state index contributed by atoms with van der Waals surface area (Å²) >= 11 is 0. The third-order valence-corrected chi connectivity index (χ3v) is 5.17. The molecule has 0 unspecified atom stereocenters. The predicted molar refractivity (Wildman–Crippen MR) is 111 cm³/mol. The average molecular weight is 391 g/mol. The van der Waals surface area contributed by atoms with Gasteiger partial charge in [0.05, 0.1) is 12.2 Å². The Morgan fingerprint density at radius 3 is 2.69 bits per heavy atom. The van der Waals surface area contributed by atoms with E-state index >= 15 is 0 Å². The molecule has 2 heterocycles.